The number of nitrogens with zero attached hydrogens (tertiary/aromatic N) is 5. The number of hydrogen-bond acceptors (Lipinski definition) is 6. The van der Waals surface area contributed by atoms with E-state index >= 15 is 4.39 Å². The van der Waals surface area contributed by atoms with Gasteiger partial charge in [-0.3, -0.25) is 9.36 Å². The lowest BCUT2D eigenvalue weighted by Gasteiger charge is -2.28. The molecule has 53 heavy (non-hydrogen) atoms. The van der Waals surface area contributed by atoms with Gasteiger partial charge in [0, 0.05) is 34.0 Å². The number of methoxy groups -OCH3 is 1. The Morgan fingerprint density at radius 2 is 1.81 bits per heavy atom. The van der Waals surface area contributed by atoms with E-state index in [1.807, 2.05) is 65.5 Å². The Balaban J connectivity index is 0.00000627. The van der Waals surface area contributed by atoms with E-state index in [9.17, 15) is 22.7 Å². The third-order valence-corrected chi connectivity index (χ3v) is 12.4. The zero-order valence-electron chi connectivity index (χ0n) is 29.4. The molecule has 1 unspecified atom stereocenters. The Morgan fingerprint density at radius 3 is 2.42 bits per heavy atom. The molecule has 0 fully saturated rings. The van der Waals surface area contributed by atoms with Gasteiger partial charge in [-0.1, -0.05) is 54.9 Å². The molecule has 2 aromatic heterocycles. The maximum absolute atomic E-state index is 15.8. The van der Waals surface area contributed by atoms with Gasteiger partial charge in [0.05, 0.1) is 42.5 Å². The van der Waals surface area contributed by atoms with Gasteiger partial charge in [0.2, 0.25) is 16.4 Å². The molecular weight excluding hydrogens is 791 g/mol. The van der Waals surface area contributed by atoms with Crippen LogP contribution in [-0.2, 0) is 39.6 Å². The largest absolute Gasteiger partial charge is 1.00 e. The van der Waals surface area contributed by atoms with E-state index < -0.39 is 44.0 Å². The van der Waals surface area contributed by atoms with E-state index in [4.69, 9.17) is 27.9 Å². The average Bonchev–Trinajstić information content (AvgIpc) is 3.72. The number of imidazole rings is 2. The molecule has 0 bridgehead atoms. The molecule has 3 aromatic carbocycles. The van der Waals surface area contributed by atoms with Crippen LogP contribution in [0.2, 0.25) is 10.0 Å². The molecule has 284 valence electrons. The number of aliphatic carboxylic acids is 1. The number of hydrogen-bond donors (Lipinski definition) is 1. The normalized spacial score (nSPS) is 12.5. The molecule has 0 aliphatic rings. The molecule has 1 N–H and O–H groups in total. The zero-order chi connectivity index (χ0) is 38.0. The van der Waals surface area contributed by atoms with Gasteiger partial charge >= 0.3 is 5.97 Å². The van der Waals surface area contributed by atoms with Crippen molar-refractivity contribution in [3.63, 3.8) is 0 Å². The predicted octanol–water partition coefficient (Wildman–Crippen LogP) is 4.27. The first-order valence-corrected chi connectivity index (χ1v) is 19.3. The number of halogens is 5. The fourth-order valence-corrected chi connectivity index (χ4v) is 9.05. The number of aromatic nitrogens is 4. The van der Waals surface area contributed by atoms with Crippen LogP contribution in [0.3, 0.4) is 0 Å². The molecule has 0 aliphatic carbocycles. The minimum absolute atomic E-state index is 0. The van der Waals surface area contributed by atoms with Gasteiger partial charge in [-0.05, 0) is 67.4 Å². The van der Waals surface area contributed by atoms with E-state index in [1.165, 1.54) is 26.2 Å². The number of sulfonamides is 1. The van der Waals surface area contributed by atoms with E-state index in [1.54, 1.807) is 24.4 Å². The Hall–Kier alpha value is -3.66. The van der Waals surface area contributed by atoms with Crippen LogP contribution in [0.1, 0.15) is 44.0 Å². The first-order valence-electron chi connectivity index (χ1n) is 16.1. The molecule has 17 heteroatoms. The molecule has 0 saturated heterocycles. The third-order valence-electron chi connectivity index (χ3n) is 8.80. The summed E-state index contributed by atoms with van der Waals surface area (Å²) in [6.45, 7) is 5.56. The van der Waals surface area contributed by atoms with E-state index in [2.05, 4.69) is 4.98 Å². The summed E-state index contributed by atoms with van der Waals surface area (Å²) in [5, 5.41) is 10.5. The van der Waals surface area contributed by atoms with Gasteiger partial charge in [-0.15, -0.1) is 0 Å². The van der Waals surface area contributed by atoms with Gasteiger partial charge < -0.3 is 22.3 Å². The van der Waals surface area contributed by atoms with Crippen molar-refractivity contribution < 1.29 is 48.8 Å². The van der Waals surface area contributed by atoms with E-state index in [-0.39, 0.29) is 35.3 Å². The highest BCUT2D eigenvalue weighted by atomic mass is 35.5. The van der Waals surface area contributed by atoms with Crippen LogP contribution in [0, 0.1) is 11.6 Å². The van der Waals surface area contributed by atoms with E-state index in [0.717, 1.165) is 39.5 Å². The number of aryl methyl sites for hydroxylation is 2. The predicted molar refractivity (Wildman–Crippen MR) is 196 cm³/mol. The molecule has 5 rings (SSSR count). The smallest absolute Gasteiger partial charge is 0.321 e. The summed E-state index contributed by atoms with van der Waals surface area (Å²) < 4.78 is 69.2. The first-order chi connectivity index (χ1) is 24.5. The number of carboxylic acids is 1. The molecule has 1 atom stereocenters. The average molecular weight is 829 g/mol. The Bertz CT molecular complexity index is 2170. The molecule has 0 saturated carbocycles. The SMILES string of the molecule is COc1cc(C(C)(C)c2cnc(SCc3c(F)cc(S(=O)(=O)N(CCC[n+]4ccn(C)c4)C(C)C(=O)O)cc3Cl)n2-c2ccc(F)cc2)ccc1Cl.[Cl-]. The number of carbonyl (C=O) groups is 1. The van der Waals surface area contributed by atoms with Gasteiger partial charge in [0.1, 0.15) is 35.8 Å². The van der Waals surface area contributed by atoms with Crippen LogP contribution >= 0.6 is 35.0 Å². The van der Waals surface area contributed by atoms with Crippen LogP contribution in [0.15, 0.2) is 89.6 Å². The lowest BCUT2D eigenvalue weighted by atomic mass is 9.81. The van der Waals surface area contributed by atoms with Crippen LogP contribution < -0.4 is 21.7 Å². The van der Waals surface area contributed by atoms with Gasteiger partial charge in [-0.25, -0.2) is 31.3 Å². The van der Waals surface area contributed by atoms with Crippen LogP contribution in [0.4, 0.5) is 8.78 Å². The molecule has 0 spiro atoms. The molecule has 0 radical (unpaired) electrons. The summed E-state index contributed by atoms with van der Waals surface area (Å²) in [4.78, 5) is 16.1. The summed E-state index contributed by atoms with van der Waals surface area (Å²) in [7, 11) is -1.10. The number of benzene rings is 3. The first kappa shape index (κ1) is 42.1. The van der Waals surface area contributed by atoms with Crippen LogP contribution in [0.25, 0.3) is 5.69 Å². The minimum Gasteiger partial charge on any atom is -1.00 e. The fraction of sp³-hybridized carbons (Fsp3) is 0.306. The molecule has 0 amide bonds. The number of ether oxygens (including phenoxy) is 1. The van der Waals surface area contributed by atoms with Crippen molar-refractivity contribution in [2.24, 2.45) is 7.05 Å². The van der Waals surface area contributed by atoms with Crippen LogP contribution in [-0.4, -0.2) is 57.6 Å². The van der Waals surface area contributed by atoms with Crippen molar-refractivity contribution >= 4 is 51.0 Å². The van der Waals surface area contributed by atoms with Crippen molar-refractivity contribution in [2.45, 2.75) is 61.0 Å². The number of thioether (sulfide) groups is 1. The number of carboxylic acid groups (broad SMARTS) is 1. The lowest BCUT2D eigenvalue weighted by molar-refractivity contribution is -0.696. The zero-order valence-corrected chi connectivity index (χ0v) is 33.3. The quantitative estimate of drug-likeness (QED) is 0.124. The van der Waals surface area contributed by atoms with Crippen molar-refractivity contribution in [1.29, 1.82) is 0 Å². The van der Waals surface area contributed by atoms with Gasteiger partial charge in [-0.2, -0.15) is 4.31 Å². The lowest BCUT2D eigenvalue weighted by Crippen LogP contribution is -3.00. The fourth-order valence-electron chi connectivity index (χ4n) is 5.74. The Labute approximate surface area is 327 Å². The highest BCUT2D eigenvalue weighted by molar-refractivity contribution is 7.98. The van der Waals surface area contributed by atoms with Crippen molar-refractivity contribution in [2.75, 3.05) is 13.7 Å². The molecule has 10 nitrogen and oxygen atoms in total. The minimum atomic E-state index is -4.47. The third kappa shape index (κ3) is 9.18. The summed E-state index contributed by atoms with van der Waals surface area (Å²) in [5.74, 6) is -2.19. The second kappa shape index (κ2) is 17.2. The summed E-state index contributed by atoms with van der Waals surface area (Å²) in [6.07, 6.45) is 7.46. The highest BCUT2D eigenvalue weighted by Crippen LogP contribution is 2.40. The van der Waals surface area contributed by atoms with Crippen molar-refractivity contribution in [3.8, 4) is 11.4 Å². The Kier molecular flexibility index (Phi) is 13.7. The monoisotopic (exact) mass is 827 g/mol. The maximum atomic E-state index is 15.8. The Morgan fingerprint density at radius 1 is 1.11 bits per heavy atom. The maximum Gasteiger partial charge on any atom is 0.321 e. The number of rotatable bonds is 15. The van der Waals surface area contributed by atoms with Crippen molar-refractivity contribution in [1.82, 2.24) is 18.4 Å². The second-order valence-electron chi connectivity index (χ2n) is 12.7. The summed E-state index contributed by atoms with van der Waals surface area (Å²) >= 11 is 14.0. The molecule has 0 aliphatic heterocycles. The summed E-state index contributed by atoms with van der Waals surface area (Å²) in [5.41, 5.74) is 1.56. The topological polar surface area (TPSA) is 111 Å². The molecule has 2 heterocycles. The van der Waals surface area contributed by atoms with Gasteiger partial charge in [0.25, 0.3) is 0 Å². The van der Waals surface area contributed by atoms with Crippen molar-refractivity contribution in [3.05, 3.63) is 118 Å². The van der Waals surface area contributed by atoms with Crippen LogP contribution in [0.5, 0.6) is 5.75 Å². The molecule has 5 aromatic rings. The standard InChI is InChI=1S/C36H37Cl2F2N5O5S2.ClH/c1-23(34(46)47)44(14-6-13-43-16-15-42(4)22-43)52(48,49)27-18-30(38)28(31(40)19-27)21-51-35-41-20-33(45(35)26-10-8-25(39)9-11-26)36(2,3)24-7-12-29(37)32(17-24)50-5;/h7-12,15-20,22-23H,6,13-14,21H2,1-5H3;1H. The van der Waals surface area contributed by atoms with E-state index in [0.29, 0.717) is 34.6 Å². The summed E-state index contributed by atoms with van der Waals surface area (Å²) in [6, 6.07) is 11.9. The van der Waals surface area contributed by atoms with Gasteiger partial charge in [0.15, 0.2) is 5.16 Å². The molecular formula is C36H38Cl3F2N5O5S2. The highest BCUT2D eigenvalue weighted by Gasteiger charge is 2.34. The second-order valence-corrected chi connectivity index (χ2v) is 16.3.